The summed E-state index contributed by atoms with van der Waals surface area (Å²) in [4.78, 5) is 0. The highest BCUT2D eigenvalue weighted by Crippen LogP contribution is 2.04. The number of hydrogen-bond donors (Lipinski definition) is 0. The van der Waals surface area contributed by atoms with E-state index in [1.54, 1.807) is 0 Å². The molecule has 0 aromatic carbocycles. The molecular formula is C15H20Br2N2. The topological polar surface area (TPSA) is 7.76 Å². The van der Waals surface area contributed by atoms with E-state index >= 15 is 0 Å². The van der Waals surface area contributed by atoms with E-state index in [-0.39, 0.29) is 34.0 Å². The van der Waals surface area contributed by atoms with Crippen molar-refractivity contribution in [1.29, 1.82) is 0 Å². The van der Waals surface area contributed by atoms with Gasteiger partial charge in [0.1, 0.15) is 0 Å². The molecule has 0 amide bonds. The van der Waals surface area contributed by atoms with Crippen molar-refractivity contribution in [3.63, 3.8) is 0 Å². The van der Waals surface area contributed by atoms with E-state index in [1.165, 1.54) is 19.3 Å². The van der Waals surface area contributed by atoms with Crippen molar-refractivity contribution in [2.75, 3.05) is 0 Å². The van der Waals surface area contributed by atoms with Gasteiger partial charge in [0.2, 0.25) is 0 Å². The molecule has 2 nitrogen and oxygen atoms in total. The van der Waals surface area contributed by atoms with E-state index in [1.807, 2.05) is 0 Å². The summed E-state index contributed by atoms with van der Waals surface area (Å²) in [5, 5.41) is 0. The molecule has 0 unspecified atom stereocenters. The molecule has 0 bridgehead atoms. The van der Waals surface area contributed by atoms with Crippen LogP contribution in [0.4, 0.5) is 0 Å². The summed E-state index contributed by atoms with van der Waals surface area (Å²) >= 11 is 0. The summed E-state index contributed by atoms with van der Waals surface area (Å²) in [5.74, 6) is 0. The fourth-order valence-electron chi connectivity index (χ4n) is 2.06. The normalized spacial score (nSPS) is 9.58. The molecule has 0 N–H and O–H groups in total. The van der Waals surface area contributed by atoms with Gasteiger partial charge in [-0.25, -0.2) is 0 Å². The first-order valence-electron chi connectivity index (χ1n) is 6.33. The highest BCUT2D eigenvalue weighted by molar-refractivity contribution is 4.85. The molecule has 2 rings (SSSR count). The van der Waals surface area contributed by atoms with E-state index < -0.39 is 0 Å². The van der Waals surface area contributed by atoms with Crippen LogP contribution in [0.3, 0.4) is 0 Å². The van der Waals surface area contributed by atoms with Crippen LogP contribution in [0.25, 0.3) is 0 Å². The Balaban J connectivity index is 0.00000162. The quantitative estimate of drug-likeness (QED) is 0.470. The number of pyridine rings is 2. The lowest BCUT2D eigenvalue weighted by Gasteiger charge is -2.07. The fraction of sp³-hybridized carbons (Fsp3) is 0.333. The fourth-order valence-corrected chi connectivity index (χ4v) is 2.06. The second-order valence-electron chi connectivity index (χ2n) is 4.27. The summed E-state index contributed by atoms with van der Waals surface area (Å²) in [7, 11) is 0. The van der Waals surface area contributed by atoms with Crippen molar-refractivity contribution in [3.05, 3.63) is 61.2 Å². The van der Waals surface area contributed by atoms with Gasteiger partial charge >= 0.3 is 6.17 Å². The van der Waals surface area contributed by atoms with Crippen LogP contribution in [0.15, 0.2) is 61.2 Å². The van der Waals surface area contributed by atoms with Crippen molar-refractivity contribution < 1.29 is 43.1 Å². The molecule has 19 heavy (non-hydrogen) atoms. The van der Waals surface area contributed by atoms with Gasteiger partial charge in [0.15, 0.2) is 24.8 Å². The van der Waals surface area contributed by atoms with Gasteiger partial charge in [0.05, 0.1) is 6.42 Å². The maximum Gasteiger partial charge on any atom is 0.352 e. The molecule has 0 aliphatic carbocycles. The lowest BCUT2D eigenvalue weighted by Crippen LogP contribution is -3.00. The Morgan fingerprint density at radius 3 is 1.53 bits per heavy atom. The van der Waals surface area contributed by atoms with Gasteiger partial charge in [-0.15, -0.1) is 9.13 Å². The van der Waals surface area contributed by atoms with Gasteiger partial charge < -0.3 is 34.0 Å². The third kappa shape index (κ3) is 5.41. The van der Waals surface area contributed by atoms with Crippen molar-refractivity contribution in [3.8, 4) is 0 Å². The molecule has 2 heterocycles. The van der Waals surface area contributed by atoms with Crippen LogP contribution in [-0.2, 0) is 0 Å². The third-order valence-electron chi connectivity index (χ3n) is 2.98. The molecule has 2 aromatic rings. The minimum absolute atomic E-state index is 0. The number of nitrogens with zero attached hydrogens (tertiary/aromatic N) is 2. The molecule has 0 aliphatic rings. The number of unbranched alkanes of at least 4 members (excludes halogenated alkanes) is 1. The maximum absolute atomic E-state index is 2.27. The lowest BCUT2D eigenvalue weighted by molar-refractivity contribution is -0.945. The largest absolute Gasteiger partial charge is 1.00 e. The zero-order valence-corrected chi connectivity index (χ0v) is 14.3. The summed E-state index contributed by atoms with van der Waals surface area (Å²) in [6.07, 6.45) is 12.6. The first-order chi connectivity index (χ1) is 8.42. The first kappa shape index (κ1) is 18.3. The Bertz CT molecular complexity index is 395. The lowest BCUT2D eigenvalue weighted by atomic mass is 10.2. The molecule has 2 aromatic heterocycles. The van der Waals surface area contributed by atoms with Gasteiger partial charge in [-0.2, -0.15) is 0 Å². The van der Waals surface area contributed by atoms with Gasteiger partial charge in [-0.1, -0.05) is 25.5 Å². The molecule has 0 spiro atoms. The summed E-state index contributed by atoms with van der Waals surface area (Å²) in [5.41, 5.74) is 0. The van der Waals surface area contributed by atoms with Crippen molar-refractivity contribution >= 4 is 0 Å². The Labute approximate surface area is 136 Å². The molecule has 0 saturated carbocycles. The molecular weight excluding hydrogens is 368 g/mol. The van der Waals surface area contributed by atoms with E-state index in [2.05, 4.69) is 77.2 Å². The summed E-state index contributed by atoms with van der Waals surface area (Å²) < 4.78 is 4.55. The SMILES string of the molecule is CCCCC([n+]1ccccc1)[n+]1ccccc1.[Br-].[Br-]. The zero-order valence-electron chi connectivity index (χ0n) is 11.1. The molecule has 104 valence electrons. The number of halogens is 2. The average molecular weight is 388 g/mol. The van der Waals surface area contributed by atoms with E-state index in [9.17, 15) is 0 Å². The predicted molar refractivity (Wildman–Crippen MR) is 67.2 cm³/mol. The van der Waals surface area contributed by atoms with Crippen LogP contribution in [0, 0.1) is 0 Å². The number of hydrogen-bond acceptors (Lipinski definition) is 0. The predicted octanol–water partition coefficient (Wildman–Crippen LogP) is -3.49. The third-order valence-corrected chi connectivity index (χ3v) is 2.98. The minimum Gasteiger partial charge on any atom is -1.00 e. The Hall–Kier alpha value is -0.740. The highest BCUT2D eigenvalue weighted by atomic mass is 79.9. The van der Waals surface area contributed by atoms with Crippen molar-refractivity contribution in [1.82, 2.24) is 0 Å². The van der Waals surface area contributed by atoms with Crippen LogP contribution in [0.5, 0.6) is 0 Å². The minimum atomic E-state index is 0. The Morgan fingerprint density at radius 2 is 1.16 bits per heavy atom. The second kappa shape index (κ2) is 10.1. The average Bonchev–Trinajstić information content (AvgIpc) is 2.42. The van der Waals surface area contributed by atoms with Gasteiger partial charge in [-0.3, -0.25) is 0 Å². The standard InChI is InChI=1S/C15H20N2.2BrH/c1-2-3-10-15(16-11-6-4-7-12-16)17-13-8-5-9-14-17;;/h4-9,11-15H,2-3,10H2,1H3;2*1H/q+2;;/p-2. The van der Waals surface area contributed by atoms with E-state index in [0.717, 1.165) is 0 Å². The smallest absolute Gasteiger partial charge is 0.352 e. The van der Waals surface area contributed by atoms with E-state index in [0.29, 0.717) is 6.17 Å². The molecule has 0 fully saturated rings. The monoisotopic (exact) mass is 386 g/mol. The van der Waals surface area contributed by atoms with Gasteiger partial charge in [0, 0.05) is 24.3 Å². The van der Waals surface area contributed by atoms with Crippen molar-refractivity contribution in [2.45, 2.75) is 32.4 Å². The molecule has 0 aliphatic heterocycles. The van der Waals surface area contributed by atoms with Crippen LogP contribution in [0.2, 0.25) is 0 Å². The zero-order chi connectivity index (χ0) is 11.9. The summed E-state index contributed by atoms with van der Waals surface area (Å²) in [6, 6.07) is 12.5. The van der Waals surface area contributed by atoms with Crippen LogP contribution < -0.4 is 43.1 Å². The second-order valence-corrected chi connectivity index (χ2v) is 4.27. The Morgan fingerprint density at radius 1 is 0.737 bits per heavy atom. The molecule has 0 radical (unpaired) electrons. The van der Waals surface area contributed by atoms with Crippen LogP contribution in [0.1, 0.15) is 32.4 Å². The van der Waals surface area contributed by atoms with E-state index in [4.69, 9.17) is 0 Å². The molecule has 0 atom stereocenters. The van der Waals surface area contributed by atoms with Crippen molar-refractivity contribution in [2.24, 2.45) is 0 Å². The Kier molecular flexibility index (Phi) is 9.70. The first-order valence-corrected chi connectivity index (χ1v) is 6.33. The van der Waals surface area contributed by atoms with Gasteiger partial charge in [0.25, 0.3) is 0 Å². The van der Waals surface area contributed by atoms with Crippen LogP contribution >= 0.6 is 0 Å². The molecule has 4 heteroatoms. The maximum atomic E-state index is 2.27. The summed E-state index contributed by atoms with van der Waals surface area (Å²) in [6.45, 7) is 2.24. The molecule has 0 saturated heterocycles. The van der Waals surface area contributed by atoms with Gasteiger partial charge in [-0.05, 0) is 6.42 Å². The number of aromatic nitrogens is 2. The van der Waals surface area contributed by atoms with Crippen LogP contribution in [-0.4, -0.2) is 0 Å². The number of rotatable bonds is 5. The highest BCUT2D eigenvalue weighted by Gasteiger charge is 2.25.